The van der Waals surface area contributed by atoms with Crippen LogP contribution in [0.1, 0.15) is 36.1 Å². The number of pyridine rings is 1. The summed E-state index contributed by atoms with van der Waals surface area (Å²) in [7, 11) is 0. The molecule has 1 saturated heterocycles. The molecule has 2 amide bonds. The lowest BCUT2D eigenvalue weighted by Gasteiger charge is -2.40. The maximum absolute atomic E-state index is 12.8. The average molecular weight is 410 g/mol. The van der Waals surface area contributed by atoms with Crippen LogP contribution in [0.3, 0.4) is 0 Å². The van der Waals surface area contributed by atoms with Crippen molar-refractivity contribution in [2.24, 2.45) is 0 Å². The highest BCUT2D eigenvalue weighted by atomic mass is 19.4. The van der Waals surface area contributed by atoms with Crippen molar-refractivity contribution < 1.29 is 27.5 Å². The highest BCUT2D eigenvalue weighted by molar-refractivity contribution is 5.86. The van der Waals surface area contributed by atoms with Crippen molar-refractivity contribution in [3.63, 3.8) is 0 Å². The summed E-state index contributed by atoms with van der Waals surface area (Å²) >= 11 is 0. The van der Waals surface area contributed by atoms with Gasteiger partial charge in [-0.3, -0.25) is 19.7 Å². The van der Waals surface area contributed by atoms with Gasteiger partial charge < -0.3 is 15.0 Å². The number of aromatic nitrogens is 4. The summed E-state index contributed by atoms with van der Waals surface area (Å²) in [6.45, 7) is -0.537. The summed E-state index contributed by atoms with van der Waals surface area (Å²) in [5, 5.41) is 7.74. The molecule has 29 heavy (non-hydrogen) atoms. The Morgan fingerprint density at radius 1 is 1.38 bits per heavy atom. The Labute approximate surface area is 162 Å². The molecule has 0 aromatic carbocycles. The lowest BCUT2D eigenvalue weighted by atomic mass is 9.98. The van der Waals surface area contributed by atoms with Crippen molar-refractivity contribution in [3.8, 4) is 0 Å². The summed E-state index contributed by atoms with van der Waals surface area (Å²) < 4.78 is 43.3. The number of alkyl halides is 3. The smallest absolute Gasteiger partial charge is 0.356 e. The van der Waals surface area contributed by atoms with Crippen LogP contribution in [0, 0.1) is 0 Å². The second kappa shape index (κ2) is 7.43. The van der Waals surface area contributed by atoms with E-state index < -0.39 is 30.1 Å². The number of amides is 2. The number of halogens is 3. The van der Waals surface area contributed by atoms with Crippen LogP contribution in [-0.2, 0) is 27.0 Å². The molecule has 2 atom stereocenters. The van der Waals surface area contributed by atoms with E-state index in [0.717, 1.165) is 12.8 Å². The van der Waals surface area contributed by atoms with Gasteiger partial charge >= 0.3 is 6.18 Å². The van der Waals surface area contributed by atoms with Crippen LogP contribution in [0.4, 0.5) is 13.2 Å². The van der Waals surface area contributed by atoms with Gasteiger partial charge in [0.15, 0.2) is 6.10 Å². The highest BCUT2D eigenvalue weighted by Gasteiger charge is 2.47. The van der Waals surface area contributed by atoms with Crippen molar-refractivity contribution >= 4 is 11.8 Å². The fraction of sp³-hybridized carbons (Fsp3) is 0.471. The van der Waals surface area contributed by atoms with E-state index >= 15 is 0 Å². The zero-order valence-electron chi connectivity index (χ0n) is 15.0. The minimum atomic E-state index is -4.68. The first kappa shape index (κ1) is 19.3. The number of nitrogens with zero attached hydrogens (tertiary/aromatic N) is 4. The van der Waals surface area contributed by atoms with Gasteiger partial charge in [-0.05, 0) is 24.5 Å². The Morgan fingerprint density at radius 3 is 2.79 bits per heavy atom. The summed E-state index contributed by atoms with van der Waals surface area (Å²) in [5.41, 5.74) is 0.645. The predicted octanol–water partition coefficient (Wildman–Crippen LogP) is 0.966. The topological polar surface area (TPSA) is 113 Å². The van der Waals surface area contributed by atoms with Crippen LogP contribution >= 0.6 is 0 Å². The maximum atomic E-state index is 12.8. The molecule has 1 saturated carbocycles. The first-order valence-electron chi connectivity index (χ1n) is 8.93. The summed E-state index contributed by atoms with van der Waals surface area (Å²) in [5.74, 6) is -2.23. The first-order chi connectivity index (χ1) is 13.8. The molecule has 0 spiro atoms. The Balaban J connectivity index is 1.51. The van der Waals surface area contributed by atoms with Crippen LogP contribution in [0.2, 0.25) is 0 Å². The SMILES string of the molecule is O=C(NCc1nc(C(F)(F)F)n[nH]1)[C@H]1OCC(=O)N(C2CC2)[C@@H]1c1cccnc1. The van der Waals surface area contributed by atoms with E-state index in [1.807, 2.05) is 0 Å². The van der Waals surface area contributed by atoms with E-state index in [-0.39, 0.29) is 30.9 Å². The monoisotopic (exact) mass is 410 g/mol. The van der Waals surface area contributed by atoms with Crippen molar-refractivity contribution in [1.82, 2.24) is 30.4 Å². The van der Waals surface area contributed by atoms with E-state index in [1.54, 1.807) is 29.4 Å². The van der Waals surface area contributed by atoms with Gasteiger partial charge in [0, 0.05) is 18.4 Å². The summed E-state index contributed by atoms with van der Waals surface area (Å²) in [4.78, 5) is 34.2. The number of hydrogen-bond donors (Lipinski definition) is 2. The Bertz CT molecular complexity index is 899. The van der Waals surface area contributed by atoms with E-state index in [4.69, 9.17) is 4.74 Å². The van der Waals surface area contributed by atoms with E-state index in [2.05, 4.69) is 25.5 Å². The number of aromatic amines is 1. The highest BCUT2D eigenvalue weighted by Crippen LogP contribution is 2.39. The van der Waals surface area contributed by atoms with Gasteiger partial charge in [0.1, 0.15) is 12.4 Å². The quantitative estimate of drug-likeness (QED) is 0.760. The standard InChI is InChI=1S/C17H17F3N6O3/c18-17(19,20)16-23-11(24-25-16)7-22-15(28)14-13(9-2-1-5-21-6-9)26(10-3-4-10)12(27)8-29-14/h1-2,5-6,10,13-14H,3-4,7-8H2,(H,22,28)(H,23,24,25)/t13-,14+/m1/s1. The predicted molar refractivity (Wildman–Crippen MR) is 89.8 cm³/mol. The van der Waals surface area contributed by atoms with E-state index in [0.29, 0.717) is 5.56 Å². The van der Waals surface area contributed by atoms with Crippen molar-refractivity contribution in [2.45, 2.75) is 43.8 Å². The van der Waals surface area contributed by atoms with Crippen LogP contribution in [0.5, 0.6) is 0 Å². The number of nitrogens with one attached hydrogen (secondary N) is 2. The molecule has 0 bridgehead atoms. The molecule has 1 aliphatic heterocycles. The zero-order valence-corrected chi connectivity index (χ0v) is 15.0. The number of carbonyl (C=O) groups excluding carboxylic acids is 2. The molecular formula is C17H17F3N6O3. The molecule has 2 aliphatic rings. The minimum Gasteiger partial charge on any atom is -0.356 e. The van der Waals surface area contributed by atoms with Gasteiger partial charge in [0.25, 0.3) is 11.7 Å². The van der Waals surface area contributed by atoms with Gasteiger partial charge in [0.05, 0.1) is 12.6 Å². The number of ether oxygens (including phenoxy) is 1. The molecule has 2 aromatic heterocycles. The second-order valence-corrected chi connectivity index (χ2v) is 6.82. The van der Waals surface area contributed by atoms with Crippen LogP contribution in [-0.4, -0.2) is 55.6 Å². The van der Waals surface area contributed by atoms with Crippen LogP contribution in [0.25, 0.3) is 0 Å². The van der Waals surface area contributed by atoms with Crippen molar-refractivity contribution in [2.75, 3.05) is 6.61 Å². The normalized spacial score (nSPS) is 22.6. The molecule has 1 aliphatic carbocycles. The third-order valence-corrected chi connectivity index (χ3v) is 4.70. The molecular weight excluding hydrogens is 393 g/mol. The number of morpholine rings is 1. The summed E-state index contributed by atoms with van der Waals surface area (Å²) in [6.07, 6.45) is -0.879. The zero-order chi connectivity index (χ0) is 20.6. The minimum absolute atomic E-state index is 0.0375. The van der Waals surface area contributed by atoms with Gasteiger partial charge in [0.2, 0.25) is 5.91 Å². The second-order valence-electron chi connectivity index (χ2n) is 6.82. The molecule has 2 aromatic rings. The van der Waals surface area contributed by atoms with Crippen LogP contribution < -0.4 is 5.32 Å². The van der Waals surface area contributed by atoms with E-state index in [1.165, 1.54) is 0 Å². The molecule has 154 valence electrons. The Hall–Kier alpha value is -3.02. The van der Waals surface area contributed by atoms with Gasteiger partial charge in [-0.2, -0.15) is 13.2 Å². The largest absolute Gasteiger partial charge is 0.453 e. The lowest BCUT2D eigenvalue weighted by Crippen LogP contribution is -2.55. The molecule has 0 unspecified atom stereocenters. The lowest BCUT2D eigenvalue weighted by molar-refractivity contribution is -0.165. The third-order valence-electron chi connectivity index (χ3n) is 4.70. The van der Waals surface area contributed by atoms with Crippen LogP contribution in [0.15, 0.2) is 24.5 Å². The van der Waals surface area contributed by atoms with Crippen molar-refractivity contribution in [3.05, 3.63) is 41.7 Å². The molecule has 3 heterocycles. The summed E-state index contributed by atoms with van der Waals surface area (Å²) in [6, 6.07) is 2.82. The molecule has 2 fully saturated rings. The fourth-order valence-corrected chi connectivity index (χ4v) is 3.29. The first-order valence-corrected chi connectivity index (χ1v) is 8.93. The number of H-pyrrole nitrogens is 1. The molecule has 12 heteroatoms. The molecule has 9 nitrogen and oxygen atoms in total. The molecule has 2 N–H and O–H groups in total. The third kappa shape index (κ3) is 4.06. The van der Waals surface area contributed by atoms with Gasteiger partial charge in [-0.1, -0.05) is 6.07 Å². The Morgan fingerprint density at radius 2 is 2.17 bits per heavy atom. The van der Waals surface area contributed by atoms with Gasteiger partial charge in [-0.25, -0.2) is 4.98 Å². The maximum Gasteiger partial charge on any atom is 0.453 e. The fourth-order valence-electron chi connectivity index (χ4n) is 3.29. The number of hydrogen-bond acceptors (Lipinski definition) is 6. The van der Waals surface area contributed by atoms with E-state index in [9.17, 15) is 22.8 Å². The molecule has 0 radical (unpaired) electrons. The van der Waals surface area contributed by atoms with Gasteiger partial charge in [-0.15, -0.1) is 5.10 Å². The number of rotatable bonds is 5. The Kier molecular flexibility index (Phi) is 4.94. The average Bonchev–Trinajstić information content (AvgIpc) is 3.41. The number of carbonyl (C=O) groups is 2. The van der Waals surface area contributed by atoms with Crippen molar-refractivity contribution in [1.29, 1.82) is 0 Å². The molecule has 4 rings (SSSR count).